The van der Waals surface area contributed by atoms with Crippen molar-refractivity contribution in [3.05, 3.63) is 18.3 Å². The number of aromatic nitrogens is 4. The molecule has 3 heterocycles. The van der Waals surface area contributed by atoms with Crippen LogP contribution < -0.4 is 11.1 Å². The van der Waals surface area contributed by atoms with Crippen molar-refractivity contribution in [2.45, 2.75) is 31.4 Å². The van der Waals surface area contributed by atoms with E-state index in [4.69, 9.17) is 5.73 Å². The molecule has 0 radical (unpaired) electrons. The standard InChI is InChI=1S/C14H16N6OS/c1-14(21)5-7(6-14)17-12-11-9(18-13(15)19-12)4-10(22-11)8-2-3-16-20-8/h2-4,7,21H,5-6H2,1H3,(H,16,20)(H3,15,17,18,19)/t7-,14+. The van der Waals surface area contributed by atoms with Gasteiger partial charge in [0.25, 0.3) is 0 Å². The Bertz CT molecular complexity index is 817. The topological polar surface area (TPSA) is 113 Å². The molecular weight excluding hydrogens is 300 g/mol. The van der Waals surface area contributed by atoms with Crippen molar-refractivity contribution in [3.8, 4) is 10.6 Å². The molecule has 8 heteroatoms. The molecule has 22 heavy (non-hydrogen) atoms. The molecule has 1 fully saturated rings. The van der Waals surface area contributed by atoms with E-state index in [2.05, 4.69) is 25.5 Å². The third-order valence-corrected chi connectivity index (χ3v) is 5.03. The zero-order chi connectivity index (χ0) is 15.3. The number of nitrogen functional groups attached to an aromatic ring is 1. The van der Waals surface area contributed by atoms with Gasteiger partial charge in [-0.05, 0) is 31.9 Å². The summed E-state index contributed by atoms with van der Waals surface area (Å²) in [6.07, 6.45) is 3.13. The number of thiophene rings is 1. The van der Waals surface area contributed by atoms with Crippen LogP contribution in [0.3, 0.4) is 0 Å². The molecule has 1 aliphatic carbocycles. The van der Waals surface area contributed by atoms with Crippen LogP contribution in [0.2, 0.25) is 0 Å². The minimum atomic E-state index is -0.577. The van der Waals surface area contributed by atoms with E-state index in [1.807, 2.05) is 19.1 Å². The number of nitrogens with one attached hydrogen (secondary N) is 2. The van der Waals surface area contributed by atoms with Gasteiger partial charge in [0.15, 0.2) is 0 Å². The van der Waals surface area contributed by atoms with Gasteiger partial charge in [-0.25, -0.2) is 4.98 Å². The Morgan fingerprint density at radius 1 is 1.45 bits per heavy atom. The average Bonchev–Trinajstić information content (AvgIpc) is 3.04. The molecule has 1 aliphatic rings. The third-order valence-electron chi connectivity index (χ3n) is 3.87. The highest BCUT2D eigenvalue weighted by atomic mass is 32.1. The minimum Gasteiger partial charge on any atom is -0.390 e. The van der Waals surface area contributed by atoms with Crippen molar-refractivity contribution in [1.29, 1.82) is 0 Å². The summed E-state index contributed by atoms with van der Waals surface area (Å²) in [6.45, 7) is 1.84. The fourth-order valence-corrected chi connectivity index (χ4v) is 3.89. The summed E-state index contributed by atoms with van der Waals surface area (Å²) in [4.78, 5) is 9.66. The van der Waals surface area contributed by atoms with Crippen molar-refractivity contribution in [1.82, 2.24) is 20.2 Å². The number of fused-ring (bicyclic) bond motifs is 1. The second-order valence-electron chi connectivity index (χ2n) is 5.97. The van der Waals surface area contributed by atoms with E-state index in [0.717, 1.165) is 26.6 Å². The summed E-state index contributed by atoms with van der Waals surface area (Å²) in [5.41, 5.74) is 7.00. The number of aromatic amines is 1. The van der Waals surface area contributed by atoms with Crippen LogP contribution in [0.15, 0.2) is 18.3 Å². The number of aliphatic hydroxyl groups is 1. The van der Waals surface area contributed by atoms with Gasteiger partial charge in [-0.2, -0.15) is 10.1 Å². The van der Waals surface area contributed by atoms with Crippen molar-refractivity contribution in [2.24, 2.45) is 0 Å². The molecule has 0 amide bonds. The van der Waals surface area contributed by atoms with Crippen LogP contribution in [-0.4, -0.2) is 36.9 Å². The molecule has 0 unspecified atom stereocenters. The van der Waals surface area contributed by atoms with Crippen LogP contribution in [0, 0.1) is 0 Å². The first-order chi connectivity index (χ1) is 10.5. The second-order valence-corrected chi connectivity index (χ2v) is 7.02. The Labute approximate surface area is 130 Å². The van der Waals surface area contributed by atoms with Crippen LogP contribution in [0.25, 0.3) is 20.8 Å². The lowest BCUT2D eigenvalue weighted by Gasteiger charge is -2.41. The highest BCUT2D eigenvalue weighted by molar-refractivity contribution is 7.22. The van der Waals surface area contributed by atoms with Crippen molar-refractivity contribution in [3.63, 3.8) is 0 Å². The molecule has 0 aromatic carbocycles. The normalized spacial score (nSPS) is 24.4. The molecule has 5 N–H and O–H groups in total. The Balaban J connectivity index is 1.71. The third kappa shape index (κ3) is 2.30. The summed E-state index contributed by atoms with van der Waals surface area (Å²) >= 11 is 1.59. The van der Waals surface area contributed by atoms with E-state index in [9.17, 15) is 5.11 Å². The lowest BCUT2D eigenvalue weighted by atomic mass is 9.77. The molecule has 0 aliphatic heterocycles. The molecule has 0 atom stereocenters. The molecule has 0 saturated heterocycles. The predicted octanol–water partition coefficient (Wildman–Crippen LogP) is 1.99. The molecule has 0 bridgehead atoms. The summed E-state index contributed by atoms with van der Waals surface area (Å²) in [7, 11) is 0. The zero-order valence-electron chi connectivity index (χ0n) is 12.0. The maximum Gasteiger partial charge on any atom is 0.222 e. The van der Waals surface area contributed by atoms with E-state index >= 15 is 0 Å². The summed E-state index contributed by atoms with van der Waals surface area (Å²) in [6, 6.07) is 4.11. The number of nitrogens with zero attached hydrogens (tertiary/aromatic N) is 3. The number of nitrogens with two attached hydrogens (primary N) is 1. The highest BCUT2D eigenvalue weighted by Gasteiger charge is 2.38. The Morgan fingerprint density at radius 2 is 2.27 bits per heavy atom. The molecule has 4 rings (SSSR count). The first-order valence-corrected chi connectivity index (χ1v) is 7.87. The maximum absolute atomic E-state index is 9.85. The SMILES string of the molecule is C[C@]1(O)C[C@@H](Nc2nc(N)nc3cc(-c4ccn[nH]4)sc23)C1. The fourth-order valence-electron chi connectivity index (χ4n) is 2.87. The van der Waals surface area contributed by atoms with E-state index in [1.54, 1.807) is 17.5 Å². The highest BCUT2D eigenvalue weighted by Crippen LogP contribution is 2.38. The van der Waals surface area contributed by atoms with Gasteiger partial charge in [-0.3, -0.25) is 5.10 Å². The number of hydrogen-bond donors (Lipinski definition) is 4. The maximum atomic E-state index is 9.85. The van der Waals surface area contributed by atoms with Gasteiger partial charge in [0.2, 0.25) is 5.95 Å². The molecule has 1 saturated carbocycles. The van der Waals surface area contributed by atoms with Crippen molar-refractivity contribution >= 4 is 33.3 Å². The quantitative estimate of drug-likeness (QED) is 0.588. The minimum absolute atomic E-state index is 0.213. The zero-order valence-corrected chi connectivity index (χ0v) is 12.8. The Morgan fingerprint density at radius 3 is 2.95 bits per heavy atom. The van der Waals surface area contributed by atoms with E-state index in [1.165, 1.54) is 0 Å². The van der Waals surface area contributed by atoms with Crippen LogP contribution in [0.4, 0.5) is 11.8 Å². The van der Waals surface area contributed by atoms with Crippen LogP contribution in [0.1, 0.15) is 19.8 Å². The van der Waals surface area contributed by atoms with E-state index in [-0.39, 0.29) is 12.0 Å². The molecule has 3 aromatic rings. The van der Waals surface area contributed by atoms with Crippen LogP contribution in [-0.2, 0) is 0 Å². The van der Waals surface area contributed by atoms with Gasteiger partial charge in [0.1, 0.15) is 5.82 Å². The summed E-state index contributed by atoms with van der Waals surface area (Å²) in [5.74, 6) is 0.980. The lowest BCUT2D eigenvalue weighted by molar-refractivity contribution is -0.0234. The first-order valence-electron chi connectivity index (χ1n) is 7.06. The van der Waals surface area contributed by atoms with Crippen LogP contribution in [0.5, 0.6) is 0 Å². The molecule has 114 valence electrons. The smallest absolute Gasteiger partial charge is 0.222 e. The second kappa shape index (κ2) is 4.65. The van der Waals surface area contributed by atoms with Gasteiger partial charge in [0.05, 0.1) is 26.4 Å². The van der Waals surface area contributed by atoms with E-state index < -0.39 is 5.60 Å². The number of rotatable bonds is 3. The molecular formula is C14H16N6OS. The van der Waals surface area contributed by atoms with Gasteiger partial charge in [0, 0.05) is 12.2 Å². The molecule has 7 nitrogen and oxygen atoms in total. The Hall–Kier alpha value is -2.19. The average molecular weight is 316 g/mol. The van der Waals surface area contributed by atoms with Gasteiger partial charge < -0.3 is 16.2 Å². The number of H-pyrrole nitrogens is 1. The van der Waals surface area contributed by atoms with Crippen LogP contribution >= 0.6 is 11.3 Å². The van der Waals surface area contributed by atoms with Gasteiger partial charge >= 0.3 is 0 Å². The lowest BCUT2D eigenvalue weighted by Crippen LogP contribution is -2.48. The molecule has 3 aromatic heterocycles. The molecule has 0 spiro atoms. The summed E-state index contributed by atoms with van der Waals surface area (Å²) < 4.78 is 0.963. The largest absolute Gasteiger partial charge is 0.390 e. The predicted molar refractivity (Wildman–Crippen MR) is 86.7 cm³/mol. The summed E-state index contributed by atoms with van der Waals surface area (Å²) in [5, 5.41) is 20.1. The van der Waals surface area contributed by atoms with E-state index in [0.29, 0.717) is 12.8 Å². The monoisotopic (exact) mass is 316 g/mol. The first kappa shape index (κ1) is 13.5. The van der Waals surface area contributed by atoms with Crippen molar-refractivity contribution in [2.75, 3.05) is 11.1 Å². The fraction of sp³-hybridized carbons (Fsp3) is 0.357. The van der Waals surface area contributed by atoms with Crippen molar-refractivity contribution < 1.29 is 5.11 Å². The number of hydrogen-bond acceptors (Lipinski definition) is 7. The Kier molecular flexibility index (Phi) is 2.85. The van der Waals surface area contributed by atoms with Gasteiger partial charge in [-0.15, -0.1) is 11.3 Å². The van der Waals surface area contributed by atoms with Gasteiger partial charge in [-0.1, -0.05) is 0 Å². The number of anilines is 2.